The monoisotopic (exact) mass is 290 g/mol. The molecule has 0 unspecified atom stereocenters. The van der Waals surface area contributed by atoms with E-state index in [1.54, 1.807) is 20.9 Å². The van der Waals surface area contributed by atoms with Gasteiger partial charge in [0.1, 0.15) is 0 Å². The average Bonchev–Trinajstić information content (AvgIpc) is 2.67. The van der Waals surface area contributed by atoms with Crippen LogP contribution < -0.4 is 0 Å². The molecular formula is C11H19BrN2O2. The number of carbonyl (C=O) groups is 2. The maximum absolute atomic E-state index is 11.8. The van der Waals surface area contributed by atoms with Gasteiger partial charge in [-0.05, 0) is 26.7 Å². The Hall–Kier alpha value is -0.580. The van der Waals surface area contributed by atoms with Crippen LogP contribution in [0.1, 0.15) is 26.7 Å². The van der Waals surface area contributed by atoms with Crippen LogP contribution in [0.2, 0.25) is 0 Å². The second-order valence-corrected chi connectivity index (χ2v) is 6.70. The van der Waals surface area contributed by atoms with Gasteiger partial charge in [0.25, 0.3) is 0 Å². The molecule has 0 aliphatic carbocycles. The van der Waals surface area contributed by atoms with Crippen molar-refractivity contribution in [2.45, 2.75) is 31.0 Å². The van der Waals surface area contributed by atoms with Crippen molar-refractivity contribution in [3.63, 3.8) is 0 Å². The summed E-state index contributed by atoms with van der Waals surface area (Å²) in [6.07, 6.45) is 2.15. The molecule has 0 aromatic rings. The highest BCUT2D eigenvalue weighted by Gasteiger charge is 2.29. The second-order valence-electron chi connectivity index (χ2n) is 4.72. The standard InChI is InChI=1S/C11H19BrN2O2/c1-11(2,12)10(16)13(3)8-9(15)14-6-4-5-7-14/h4-8H2,1-3H3. The summed E-state index contributed by atoms with van der Waals surface area (Å²) < 4.78 is -0.604. The van der Waals surface area contributed by atoms with Crippen LogP contribution in [0.15, 0.2) is 0 Å². The van der Waals surface area contributed by atoms with E-state index in [4.69, 9.17) is 0 Å². The number of alkyl halides is 1. The lowest BCUT2D eigenvalue weighted by molar-refractivity contribution is -0.139. The Bertz CT molecular complexity index is 280. The predicted molar refractivity (Wildman–Crippen MR) is 66.5 cm³/mol. The Morgan fingerprint density at radius 1 is 1.31 bits per heavy atom. The van der Waals surface area contributed by atoms with Crippen molar-refractivity contribution in [1.82, 2.24) is 9.80 Å². The summed E-state index contributed by atoms with van der Waals surface area (Å²) in [6.45, 7) is 5.41. The zero-order valence-corrected chi connectivity index (χ0v) is 11.7. The number of halogens is 1. The highest BCUT2D eigenvalue weighted by atomic mass is 79.9. The fourth-order valence-corrected chi connectivity index (χ4v) is 2.10. The van der Waals surface area contributed by atoms with Crippen LogP contribution in [0.5, 0.6) is 0 Å². The first-order chi connectivity index (χ1) is 7.32. The van der Waals surface area contributed by atoms with Gasteiger partial charge in [-0.1, -0.05) is 15.9 Å². The molecule has 0 bridgehead atoms. The van der Waals surface area contributed by atoms with E-state index in [0.29, 0.717) is 0 Å². The van der Waals surface area contributed by atoms with Gasteiger partial charge >= 0.3 is 0 Å². The minimum atomic E-state index is -0.604. The van der Waals surface area contributed by atoms with Crippen molar-refractivity contribution in [1.29, 1.82) is 0 Å². The molecule has 0 aromatic carbocycles. The van der Waals surface area contributed by atoms with E-state index in [9.17, 15) is 9.59 Å². The maximum Gasteiger partial charge on any atom is 0.242 e. The van der Waals surface area contributed by atoms with Crippen LogP contribution in [0.25, 0.3) is 0 Å². The van der Waals surface area contributed by atoms with E-state index >= 15 is 0 Å². The molecule has 16 heavy (non-hydrogen) atoms. The third kappa shape index (κ3) is 3.47. The van der Waals surface area contributed by atoms with E-state index in [-0.39, 0.29) is 18.4 Å². The molecule has 0 aromatic heterocycles. The van der Waals surface area contributed by atoms with Gasteiger partial charge in [0.2, 0.25) is 11.8 Å². The van der Waals surface area contributed by atoms with Gasteiger partial charge in [0.15, 0.2) is 0 Å². The Morgan fingerprint density at radius 2 is 1.81 bits per heavy atom. The van der Waals surface area contributed by atoms with Gasteiger partial charge in [-0.2, -0.15) is 0 Å². The van der Waals surface area contributed by atoms with Crippen molar-refractivity contribution >= 4 is 27.7 Å². The van der Waals surface area contributed by atoms with Gasteiger partial charge < -0.3 is 9.80 Å². The second kappa shape index (κ2) is 5.17. The van der Waals surface area contributed by atoms with Crippen molar-refractivity contribution in [3.05, 3.63) is 0 Å². The zero-order chi connectivity index (χ0) is 12.3. The highest BCUT2D eigenvalue weighted by Crippen LogP contribution is 2.18. The molecule has 1 heterocycles. The largest absolute Gasteiger partial charge is 0.341 e. The SMILES string of the molecule is CN(CC(=O)N1CCCC1)C(=O)C(C)(C)Br. The highest BCUT2D eigenvalue weighted by molar-refractivity contribution is 9.10. The lowest BCUT2D eigenvalue weighted by atomic mass is 10.2. The zero-order valence-electron chi connectivity index (χ0n) is 10.1. The third-order valence-corrected chi connectivity index (χ3v) is 3.03. The maximum atomic E-state index is 11.8. The molecule has 0 spiro atoms. The van der Waals surface area contributed by atoms with Crippen LogP contribution in [0.4, 0.5) is 0 Å². The first kappa shape index (κ1) is 13.5. The van der Waals surface area contributed by atoms with Gasteiger partial charge in [0, 0.05) is 20.1 Å². The first-order valence-corrected chi connectivity index (χ1v) is 6.34. The van der Waals surface area contributed by atoms with Crippen molar-refractivity contribution < 1.29 is 9.59 Å². The number of nitrogens with zero attached hydrogens (tertiary/aromatic N) is 2. The topological polar surface area (TPSA) is 40.6 Å². The van der Waals surface area contributed by atoms with Crippen molar-refractivity contribution in [2.24, 2.45) is 0 Å². The van der Waals surface area contributed by atoms with Gasteiger partial charge in [-0.15, -0.1) is 0 Å². The summed E-state index contributed by atoms with van der Waals surface area (Å²) in [7, 11) is 1.67. The van der Waals surface area contributed by atoms with Crippen LogP contribution in [0.3, 0.4) is 0 Å². The number of likely N-dealkylation sites (tertiary alicyclic amines) is 1. The van der Waals surface area contributed by atoms with Crippen molar-refractivity contribution in [2.75, 3.05) is 26.7 Å². The molecule has 0 saturated carbocycles. The third-order valence-electron chi connectivity index (χ3n) is 2.69. The molecule has 92 valence electrons. The molecule has 1 rings (SSSR count). The Balaban J connectivity index is 2.47. The normalized spacial score (nSPS) is 16.4. The van der Waals surface area contributed by atoms with E-state index in [1.807, 2.05) is 4.90 Å². The summed E-state index contributed by atoms with van der Waals surface area (Å²) in [5.41, 5.74) is 0. The molecule has 1 aliphatic heterocycles. The minimum Gasteiger partial charge on any atom is -0.341 e. The van der Waals surface area contributed by atoms with E-state index < -0.39 is 4.32 Å². The Labute approximate surface area is 105 Å². The lowest BCUT2D eigenvalue weighted by Gasteiger charge is -2.26. The summed E-state index contributed by atoms with van der Waals surface area (Å²) in [5.74, 6) is -0.0230. The summed E-state index contributed by atoms with van der Waals surface area (Å²) in [4.78, 5) is 26.9. The molecule has 1 fully saturated rings. The molecule has 0 radical (unpaired) electrons. The summed E-state index contributed by atoms with van der Waals surface area (Å²) in [5, 5.41) is 0. The number of amides is 2. The fourth-order valence-electron chi connectivity index (χ4n) is 1.80. The molecule has 0 atom stereocenters. The van der Waals surface area contributed by atoms with Gasteiger partial charge in [0.05, 0.1) is 10.9 Å². The average molecular weight is 291 g/mol. The molecular weight excluding hydrogens is 272 g/mol. The Kier molecular flexibility index (Phi) is 4.35. The van der Waals surface area contributed by atoms with Crippen LogP contribution in [-0.4, -0.2) is 52.6 Å². The smallest absolute Gasteiger partial charge is 0.242 e. The van der Waals surface area contributed by atoms with Crippen LogP contribution in [0, 0.1) is 0 Å². The Morgan fingerprint density at radius 3 is 2.25 bits per heavy atom. The fraction of sp³-hybridized carbons (Fsp3) is 0.818. The number of hydrogen-bond acceptors (Lipinski definition) is 2. The summed E-state index contributed by atoms with van der Waals surface area (Å²) >= 11 is 3.30. The molecule has 1 aliphatic rings. The van der Waals surface area contributed by atoms with E-state index in [0.717, 1.165) is 25.9 Å². The molecule has 4 nitrogen and oxygen atoms in total. The molecule has 2 amide bonds. The minimum absolute atomic E-state index is 0.0464. The van der Waals surface area contributed by atoms with Gasteiger partial charge in [-0.25, -0.2) is 0 Å². The lowest BCUT2D eigenvalue weighted by Crippen LogP contribution is -2.45. The molecule has 5 heteroatoms. The van der Waals surface area contributed by atoms with E-state index in [1.165, 1.54) is 4.90 Å². The van der Waals surface area contributed by atoms with E-state index in [2.05, 4.69) is 15.9 Å². The van der Waals surface area contributed by atoms with Crippen molar-refractivity contribution in [3.8, 4) is 0 Å². The predicted octanol–water partition coefficient (Wildman–Crippen LogP) is 1.24. The van der Waals surface area contributed by atoms with Crippen LogP contribution >= 0.6 is 15.9 Å². The quantitative estimate of drug-likeness (QED) is 0.734. The first-order valence-electron chi connectivity index (χ1n) is 5.54. The van der Waals surface area contributed by atoms with Gasteiger partial charge in [-0.3, -0.25) is 9.59 Å². The molecule has 0 N–H and O–H groups in total. The number of hydrogen-bond donors (Lipinski definition) is 0. The van der Waals surface area contributed by atoms with Crippen LogP contribution in [-0.2, 0) is 9.59 Å². The number of likely N-dealkylation sites (N-methyl/N-ethyl adjacent to an activating group) is 1. The summed E-state index contributed by atoms with van der Waals surface area (Å²) in [6, 6.07) is 0. The molecule has 1 saturated heterocycles. The number of rotatable bonds is 3. The number of carbonyl (C=O) groups excluding carboxylic acids is 2.